The maximum absolute atomic E-state index is 13.1. The highest BCUT2D eigenvalue weighted by Gasteiger charge is 2.58. The third kappa shape index (κ3) is 19.9. The molecule has 4 N–H and O–H groups in total. The Kier molecular flexibility index (Phi) is 27.0. The maximum atomic E-state index is 13.1. The molecule has 0 aromatic heterocycles. The van der Waals surface area contributed by atoms with Crippen molar-refractivity contribution in [3.05, 3.63) is 0 Å². The van der Waals surface area contributed by atoms with Crippen LogP contribution in [0.2, 0.25) is 0 Å². The first-order valence-corrected chi connectivity index (χ1v) is 19.9. The van der Waals surface area contributed by atoms with E-state index in [1.54, 1.807) is 0 Å². The molecule has 0 fully saturated rings. The van der Waals surface area contributed by atoms with Gasteiger partial charge in [0, 0.05) is 12.8 Å². The third-order valence-electron chi connectivity index (χ3n) is 8.90. The lowest BCUT2D eigenvalue weighted by Crippen LogP contribution is -2.63. The zero-order valence-corrected chi connectivity index (χ0v) is 29.7. The summed E-state index contributed by atoms with van der Waals surface area (Å²) in [5.74, 6) is -4.10. The summed E-state index contributed by atoms with van der Waals surface area (Å²) in [6.45, 7) is 3.03. The van der Waals surface area contributed by atoms with Gasteiger partial charge in [0.15, 0.2) is 5.78 Å². The summed E-state index contributed by atoms with van der Waals surface area (Å²) in [4.78, 5) is 58.4. The highest BCUT2D eigenvalue weighted by molar-refractivity contribution is 7.50. The van der Waals surface area contributed by atoms with E-state index in [2.05, 4.69) is 13.8 Å². The molecule has 0 heterocycles. The number of hydrogen-bond acceptors (Lipinski definition) is 5. The van der Waals surface area contributed by atoms with Crippen molar-refractivity contribution in [2.45, 2.75) is 199 Å². The zero-order valence-electron chi connectivity index (χ0n) is 28.8. The first kappa shape index (κ1) is 43.7. The molecule has 0 aliphatic heterocycles. The van der Waals surface area contributed by atoms with Gasteiger partial charge in [0.25, 0.3) is 0 Å². The number of unbranched alkanes of at least 4 members (excludes halogenated alkanes) is 24. The molecule has 0 saturated carbocycles. The van der Waals surface area contributed by atoms with Crippen LogP contribution in [0.4, 0.5) is 0 Å². The molecule has 0 aliphatic carbocycles. The molecule has 0 aliphatic rings. The van der Waals surface area contributed by atoms with Crippen LogP contribution in [0.1, 0.15) is 194 Å². The van der Waals surface area contributed by atoms with Gasteiger partial charge in [-0.05, 0) is 12.8 Å². The average molecular weight is 662 g/mol. The summed E-state index contributed by atoms with van der Waals surface area (Å²) >= 11 is 0. The van der Waals surface area contributed by atoms with Crippen LogP contribution in [0.3, 0.4) is 0 Å². The molecular weight excluding hydrogens is 593 g/mol. The SMILES string of the molecule is CCCCCCCCCCCCCCCC(=O)N([C@](CO)(C(=O)O)C(=O)CCCCCCCCCCCCCCC)P(=O)(O)O. The Morgan fingerprint density at radius 3 is 1.09 bits per heavy atom. The van der Waals surface area contributed by atoms with Gasteiger partial charge in [-0.25, -0.2) is 14.0 Å². The lowest BCUT2D eigenvalue weighted by molar-refractivity contribution is -0.163. The van der Waals surface area contributed by atoms with Gasteiger partial charge in [-0.1, -0.05) is 168 Å². The highest BCUT2D eigenvalue weighted by Crippen LogP contribution is 2.47. The van der Waals surface area contributed by atoms with Gasteiger partial charge in [-0.15, -0.1) is 0 Å². The Labute approximate surface area is 274 Å². The number of aliphatic hydroxyl groups excluding tert-OH is 1. The quantitative estimate of drug-likeness (QED) is 0.0308. The zero-order chi connectivity index (χ0) is 33.8. The average Bonchev–Trinajstić information content (AvgIpc) is 2.99. The van der Waals surface area contributed by atoms with Gasteiger partial charge in [-0.3, -0.25) is 9.59 Å². The molecule has 266 valence electrons. The Balaban J connectivity index is 4.60. The summed E-state index contributed by atoms with van der Waals surface area (Å²) in [7, 11) is -5.51. The van der Waals surface area contributed by atoms with E-state index in [1.807, 2.05) is 0 Å². The fourth-order valence-corrected chi connectivity index (χ4v) is 7.14. The van der Waals surface area contributed by atoms with E-state index in [0.29, 0.717) is 25.7 Å². The van der Waals surface area contributed by atoms with Gasteiger partial charge in [0.05, 0.1) is 6.61 Å². The summed E-state index contributed by atoms with van der Waals surface area (Å²) in [5.41, 5.74) is -3.00. The largest absolute Gasteiger partial charge is 0.479 e. The first-order valence-electron chi connectivity index (χ1n) is 18.4. The van der Waals surface area contributed by atoms with Crippen LogP contribution in [0.15, 0.2) is 0 Å². The molecule has 0 radical (unpaired) electrons. The monoisotopic (exact) mass is 661 g/mol. The molecule has 0 spiro atoms. The van der Waals surface area contributed by atoms with Gasteiger partial charge < -0.3 is 20.0 Å². The number of carbonyl (C=O) groups excluding carboxylic acids is 2. The maximum Gasteiger partial charge on any atom is 0.433 e. The van der Waals surface area contributed by atoms with Gasteiger partial charge in [-0.2, -0.15) is 0 Å². The van der Waals surface area contributed by atoms with Crippen LogP contribution in [-0.4, -0.2) is 54.5 Å². The second-order valence-electron chi connectivity index (χ2n) is 13.0. The predicted octanol–water partition coefficient (Wildman–Crippen LogP) is 9.26. The number of hydrogen-bond donors (Lipinski definition) is 4. The van der Waals surface area contributed by atoms with E-state index in [9.17, 15) is 38.9 Å². The van der Waals surface area contributed by atoms with Crippen molar-refractivity contribution in [3.8, 4) is 0 Å². The number of amides is 1. The van der Waals surface area contributed by atoms with Crippen molar-refractivity contribution in [1.82, 2.24) is 4.67 Å². The Hall–Kier alpha value is -1.28. The van der Waals surface area contributed by atoms with Crippen molar-refractivity contribution < 1.29 is 38.9 Å². The molecule has 0 bridgehead atoms. The van der Waals surface area contributed by atoms with Crippen LogP contribution in [0.5, 0.6) is 0 Å². The van der Waals surface area contributed by atoms with Crippen molar-refractivity contribution in [2.24, 2.45) is 0 Å². The predicted molar refractivity (Wildman–Crippen MR) is 182 cm³/mol. The van der Waals surface area contributed by atoms with Crippen LogP contribution >= 0.6 is 7.75 Å². The number of nitrogens with zero attached hydrogens (tertiary/aromatic N) is 1. The van der Waals surface area contributed by atoms with E-state index in [4.69, 9.17) is 0 Å². The Morgan fingerprint density at radius 2 is 0.822 bits per heavy atom. The number of carboxylic acid groups (broad SMARTS) is 1. The van der Waals surface area contributed by atoms with Crippen LogP contribution in [0, 0.1) is 0 Å². The van der Waals surface area contributed by atoms with E-state index in [1.165, 1.54) is 89.9 Å². The van der Waals surface area contributed by atoms with Gasteiger partial charge in [0.1, 0.15) is 0 Å². The van der Waals surface area contributed by atoms with E-state index in [-0.39, 0.29) is 17.5 Å². The molecule has 0 aromatic rings. The molecule has 10 heteroatoms. The second kappa shape index (κ2) is 27.8. The minimum absolute atomic E-state index is 0.145. The number of carbonyl (C=O) groups is 3. The van der Waals surface area contributed by atoms with Crippen LogP contribution in [0.25, 0.3) is 0 Å². The van der Waals surface area contributed by atoms with E-state index in [0.717, 1.165) is 51.4 Å². The van der Waals surface area contributed by atoms with Crippen molar-refractivity contribution in [1.29, 1.82) is 0 Å². The number of aliphatic hydroxyl groups is 1. The fourth-order valence-electron chi connectivity index (χ4n) is 6.04. The summed E-state index contributed by atoms with van der Waals surface area (Å²) in [5, 5.41) is 20.0. The third-order valence-corrected chi connectivity index (χ3v) is 9.99. The van der Waals surface area contributed by atoms with Crippen LogP contribution < -0.4 is 0 Å². The van der Waals surface area contributed by atoms with Crippen LogP contribution in [-0.2, 0) is 18.9 Å². The minimum Gasteiger partial charge on any atom is -0.479 e. The standard InChI is InChI=1S/C35H68NO8P/c1-3-5-7-9-11-13-15-17-19-21-23-25-27-29-32(38)35(31-37,34(40)41)36(45(42,43)44)33(39)30-28-26-24-22-20-18-16-14-12-10-8-6-4-2/h37H,3-31H2,1-2H3,(H,40,41)(H2,42,43,44)/t35-/m0/s1. The first-order chi connectivity index (χ1) is 21.6. The van der Waals surface area contributed by atoms with Crippen molar-refractivity contribution >= 4 is 25.4 Å². The second-order valence-corrected chi connectivity index (χ2v) is 14.4. The Morgan fingerprint density at radius 1 is 0.533 bits per heavy atom. The number of aliphatic carboxylic acids is 1. The molecule has 0 saturated heterocycles. The highest BCUT2D eigenvalue weighted by atomic mass is 31.2. The van der Waals surface area contributed by atoms with E-state index >= 15 is 0 Å². The Bertz CT molecular complexity index is 817. The number of Topliss-reactive ketones (excluding diaryl/α,β-unsaturated/α-hetero) is 1. The van der Waals surface area contributed by atoms with Gasteiger partial charge in [0.2, 0.25) is 11.4 Å². The molecule has 45 heavy (non-hydrogen) atoms. The van der Waals surface area contributed by atoms with Crippen molar-refractivity contribution in [2.75, 3.05) is 6.61 Å². The number of ketones is 1. The number of rotatable bonds is 33. The number of carboxylic acids is 1. The topological polar surface area (TPSA) is 152 Å². The fraction of sp³-hybridized carbons (Fsp3) is 0.914. The molecule has 0 unspecified atom stereocenters. The molecule has 0 aromatic carbocycles. The molecule has 1 atom stereocenters. The lowest BCUT2D eigenvalue weighted by Gasteiger charge is -2.37. The summed E-state index contributed by atoms with van der Waals surface area (Å²) in [6, 6.07) is 0. The minimum atomic E-state index is -5.51. The van der Waals surface area contributed by atoms with Crippen molar-refractivity contribution in [3.63, 3.8) is 0 Å². The summed E-state index contributed by atoms with van der Waals surface area (Å²) in [6.07, 6.45) is 27.5. The van der Waals surface area contributed by atoms with E-state index < -0.39 is 37.6 Å². The molecular formula is C35H68NO8P. The van der Waals surface area contributed by atoms with Gasteiger partial charge >= 0.3 is 13.7 Å². The molecule has 1 amide bonds. The summed E-state index contributed by atoms with van der Waals surface area (Å²) < 4.78 is 12.2. The molecule has 9 nitrogen and oxygen atoms in total. The lowest BCUT2D eigenvalue weighted by atomic mass is 9.90. The normalized spacial score (nSPS) is 13.1. The smallest absolute Gasteiger partial charge is 0.433 e. The molecule has 0 rings (SSSR count).